The number of rotatable bonds is 5. The van der Waals surface area contributed by atoms with Crippen molar-refractivity contribution in [2.45, 2.75) is 23.8 Å². The van der Waals surface area contributed by atoms with Crippen molar-refractivity contribution in [2.24, 2.45) is 5.92 Å². The molecule has 1 saturated carbocycles. The maximum Gasteiger partial charge on any atom is 0.241 e. The molecule has 1 fully saturated rings. The third kappa shape index (κ3) is 3.18. The third-order valence-electron chi connectivity index (χ3n) is 3.74. The number of hydrogen-bond donors (Lipinski definition) is 1. The van der Waals surface area contributed by atoms with Crippen molar-refractivity contribution in [1.82, 2.24) is 4.72 Å². The molecule has 116 valence electrons. The summed E-state index contributed by atoms with van der Waals surface area (Å²) >= 11 is 0. The summed E-state index contributed by atoms with van der Waals surface area (Å²) in [6.07, 6.45) is 1.89. The van der Waals surface area contributed by atoms with E-state index in [-0.39, 0.29) is 16.9 Å². The highest BCUT2D eigenvalue weighted by molar-refractivity contribution is 7.89. The first-order chi connectivity index (χ1) is 10.5. The molecule has 0 amide bonds. The van der Waals surface area contributed by atoms with Crippen LogP contribution in [0.15, 0.2) is 53.4 Å². The Balaban J connectivity index is 1.90. The van der Waals surface area contributed by atoms with Crippen LogP contribution in [0.25, 0.3) is 0 Å². The molecule has 0 radical (unpaired) electrons. The average molecular weight is 323 g/mol. The van der Waals surface area contributed by atoms with Gasteiger partial charge in [-0.3, -0.25) is 0 Å². The molecule has 0 aliphatic heterocycles. The maximum absolute atomic E-state index is 13.3. The van der Waals surface area contributed by atoms with Crippen LogP contribution in [0.3, 0.4) is 0 Å². The van der Waals surface area contributed by atoms with Gasteiger partial charge in [-0.2, -0.15) is 0 Å². The van der Waals surface area contributed by atoms with Gasteiger partial charge in [0.05, 0.1) is 4.90 Å². The minimum Gasteiger partial charge on any atom is -0.207 e. The summed E-state index contributed by atoms with van der Waals surface area (Å²) in [6, 6.07) is 11.5. The SMILES string of the molecule is O=S(=O)(N[C@@H](c1ccccc1)C1CC1)c1ccc(F)c(F)c1. The summed E-state index contributed by atoms with van der Waals surface area (Å²) in [5.74, 6) is -2.01. The van der Waals surface area contributed by atoms with Gasteiger partial charge in [-0.25, -0.2) is 21.9 Å². The summed E-state index contributed by atoms with van der Waals surface area (Å²) in [5, 5.41) is 0. The van der Waals surface area contributed by atoms with Gasteiger partial charge in [-0.15, -0.1) is 0 Å². The number of benzene rings is 2. The molecular formula is C16H15F2NO2S. The van der Waals surface area contributed by atoms with Crippen molar-refractivity contribution in [2.75, 3.05) is 0 Å². The first kappa shape index (κ1) is 15.1. The molecule has 1 aliphatic carbocycles. The fourth-order valence-electron chi connectivity index (χ4n) is 2.41. The summed E-state index contributed by atoms with van der Waals surface area (Å²) in [7, 11) is -3.91. The Bertz CT molecular complexity index is 774. The molecule has 3 nitrogen and oxygen atoms in total. The lowest BCUT2D eigenvalue weighted by atomic mass is 10.0. The van der Waals surface area contributed by atoms with E-state index in [4.69, 9.17) is 0 Å². The zero-order valence-corrected chi connectivity index (χ0v) is 12.5. The van der Waals surface area contributed by atoms with Crippen LogP contribution in [0.4, 0.5) is 8.78 Å². The summed E-state index contributed by atoms with van der Waals surface area (Å²) in [5.41, 5.74) is 0.871. The largest absolute Gasteiger partial charge is 0.241 e. The predicted molar refractivity (Wildman–Crippen MR) is 78.6 cm³/mol. The Morgan fingerprint density at radius 2 is 1.68 bits per heavy atom. The molecule has 2 aromatic carbocycles. The van der Waals surface area contributed by atoms with Crippen molar-refractivity contribution in [3.05, 3.63) is 65.7 Å². The molecule has 1 N–H and O–H groups in total. The second-order valence-corrected chi connectivity index (χ2v) is 7.14. The number of nitrogens with one attached hydrogen (secondary N) is 1. The van der Waals surface area contributed by atoms with Crippen molar-refractivity contribution in [3.63, 3.8) is 0 Å². The molecule has 2 aromatic rings. The number of halogens is 2. The van der Waals surface area contributed by atoms with Crippen LogP contribution in [0, 0.1) is 17.6 Å². The molecule has 3 rings (SSSR count). The second kappa shape index (κ2) is 5.78. The topological polar surface area (TPSA) is 46.2 Å². The lowest BCUT2D eigenvalue weighted by Gasteiger charge is -2.19. The highest BCUT2D eigenvalue weighted by Gasteiger charge is 2.35. The zero-order chi connectivity index (χ0) is 15.7. The normalized spacial score (nSPS) is 16.5. The second-order valence-electron chi connectivity index (χ2n) is 5.42. The highest BCUT2D eigenvalue weighted by atomic mass is 32.2. The van der Waals surface area contributed by atoms with Gasteiger partial charge in [0.1, 0.15) is 0 Å². The van der Waals surface area contributed by atoms with E-state index in [0.717, 1.165) is 30.5 Å². The van der Waals surface area contributed by atoms with Gasteiger partial charge in [0.2, 0.25) is 10.0 Å². The maximum atomic E-state index is 13.3. The van der Waals surface area contributed by atoms with E-state index in [1.165, 1.54) is 0 Å². The van der Waals surface area contributed by atoms with E-state index in [1.54, 1.807) is 0 Å². The van der Waals surface area contributed by atoms with Crippen molar-refractivity contribution >= 4 is 10.0 Å². The summed E-state index contributed by atoms with van der Waals surface area (Å²) < 4.78 is 53.7. The fourth-order valence-corrected chi connectivity index (χ4v) is 3.71. The first-order valence-corrected chi connectivity index (χ1v) is 8.48. The number of hydrogen-bond acceptors (Lipinski definition) is 2. The van der Waals surface area contributed by atoms with Crippen LogP contribution in [0.1, 0.15) is 24.4 Å². The average Bonchev–Trinajstić information content (AvgIpc) is 3.33. The fraction of sp³-hybridized carbons (Fsp3) is 0.250. The van der Waals surface area contributed by atoms with E-state index < -0.39 is 21.7 Å². The Labute approximate surface area is 128 Å². The minimum atomic E-state index is -3.91. The van der Waals surface area contributed by atoms with Gasteiger partial charge in [0.15, 0.2) is 11.6 Å². The number of sulfonamides is 1. The molecule has 1 aliphatic rings. The molecule has 1 atom stereocenters. The summed E-state index contributed by atoms with van der Waals surface area (Å²) in [4.78, 5) is -0.270. The monoisotopic (exact) mass is 323 g/mol. The highest BCUT2D eigenvalue weighted by Crippen LogP contribution is 2.41. The Morgan fingerprint density at radius 3 is 2.27 bits per heavy atom. The van der Waals surface area contributed by atoms with E-state index in [0.29, 0.717) is 6.07 Å². The predicted octanol–water partition coefficient (Wildman–Crippen LogP) is 3.39. The van der Waals surface area contributed by atoms with Crippen LogP contribution in [0.2, 0.25) is 0 Å². The molecular weight excluding hydrogens is 308 g/mol. The Hall–Kier alpha value is -1.79. The van der Waals surface area contributed by atoms with Crippen LogP contribution < -0.4 is 4.72 Å². The first-order valence-electron chi connectivity index (χ1n) is 7.00. The zero-order valence-electron chi connectivity index (χ0n) is 11.7. The lowest BCUT2D eigenvalue weighted by Crippen LogP contribution is -2.30. The van der Waals surface area contributed by atoms with Crippen LogP contribution in [0.5, 0.6) is 0 Å². The lowest BCUT2D eigenvalue weighted by molar-refractivity contribution is 0.501. The van der Waals surface area contributed by atoms with Crippen LogP contribution >= 0.6 is 0 Å². The van der Waals surface area contributed by atoms with Crippen LogP contribution in [-0.2, 0) is 10.0 Å². The van der Waals surface area contributed by atoms with E-state index in [9.17, 15) is 17.2 Å². The van der Waals surface area contributed by atoms with E-state index >= 15 is 0 Å². The van der Waals surface area contributed by atoms with Gasteiger partial charge in [0, 0.05) is 6.04 Å². The summed E-state index contributed by atoms with van der Waals surface area (Å²) in [6.45, 7) is 0. The van der Waals surface area contributed by atoms with Gasteiger partial charge >= 0.3 is 0 Å². The van der Waals surface area contributed by atoms with E-state index in [2.05, 4.69) is 4.72 Å². The van der Waals surface area contributed by atoms with Gasteiger partial charge in [-0.1, -0.05) is 30.3 Å². The van der Waals surface area contributed by atoms with Gasteiger partial charge in [-0.05, 0) is 42.5 Å². The molecule has 0 bridgehead atoms. The van der Waals surface area contributed by atoms with Gasteiger partial charge < -0.3 is 0 Å². The molecule has 6 heteroatoms. The van der Waals surface area contributed by atoms with E-state index in [1.807, 2.05) is 30.3 Å². The molecule has 0 heterocycles. The Morgan fingerprint density at radius 1 is 1.00 bits per heavy atom. The van der Waals surface area contributed by atoms with Gasteiger partial charge in [0.25, 0.3) is 0 Å². The quantitative estimate of drug-likeness (QED) is 0.917. The van der Waals surface area contributed by atoms with Crippen molar-refractivity contribution in [1.29, 1.82) is 0 Å². The molecule has 0 unspecified atom stereocenters. The van der Waals surface area contributed by atoms with Crippen molar-refractivity contribution in [3.8, 4) is 0 Å². The minimum absolute atomic E-state index is 0.238. The Kier molecular flexibility index (Phi) is 3.97. The molecule has 0 aromatic heterocycles. The smallest absolute Gasteiger partial charge is 0.207 e. The molecule has 22 heavy (non-hydrogen) atoms. The standard InChI is InChI=1S/C16H15F2NO2S/c17-14-9-8-13(10-15(14)18)22(20,21)19-16(12-6-7-12)11-4-2-1-3-5-11/h1-5,8-10,12,16,19H,6-7H2/t16-/m0/s1. The van der Waals surface area contributed by atoms with Crippen LogP contribution in [-0.4, -0.2) is 8.42 Å². The molecule has 0 saturated heterocycles. The van der Waals surface area contributed by atoms with Crippen molar-refractivity contribution < 1.29 is 17.2 Å². The third-order valence-corrected chi connectivity index (χ3v) is 5.17. The molecule has 0 spiro atoms.